The number of carbonyl (C=O) groups is 2. The highest BCUT2D eigenvalue weighted by Gasteiger charge is 2.29. The van der Waals surface area contributed by atoms with Crippen molar-refractivity contribution in [2.45, 2.75) is 0 Å². The van der Waals surface area contributed by atoms with E-state index in [1.807, 2.05) is 0 Å². The summed E-state index contributed by atoms with van der Waals surface area (Å²) in [6, 6.07) is 3.94. The van der Waals surface area contributed by atoms with Crippen LogP contribution in [-0.2, 0) is 14.3 Å². The molecule has 0 aromatic heterocycles. The molecule has 25 heavy (non-hydrogen) atoms. The Morgan fingerprint density at radius 2 is 2.20 bits per heavy atom. The number of nitro groups is 1. The Morgan fingerprint density at radius 1 is 1.40 bits per heavy atom. The molecular formula is C15H20N4O6. The molecule has 0 bridgehead atoms. The van der Waals surface area contributed by atoms with E-state index in [9.17, 15) is 19.7 Å². The number of nitro benzene ring substituents is 1. The van der Waals surface area contributed by atoms with Crippen LogP contribution in [0.3, 0.4) is 0 Å². The Bertz CT molecular complexity index is 651. The molecule has 136 valence electrons. The zero-order chi connectivity index (χ0) is 18.2. The predicted molar refractivity (Wildman–Crippen MR) is 88.7 cm³/mol. The van der Waals surface area contributed by atoms with Crippen LogP contribution >= 0.6 is 0 Å². The number of hydrogen-bond acceptors (Lipinski definition) is 7. The van der Waals surface area contributed by atoms with Gasteiger partial charge in [-0.25, -0.2) is 0 Å². The van der Waals surface area contributed by atoms with Gasteiger partial charge in [-0.15, -0.1) is 0 Å². The van der Waals surface area contributed by atoms with E-state index in [-0.39, 0.29) is 30.4 Å². The summed E-state index contributed by atoms with van der Waals surface area (Å²) in [7, 11) is 1.60. The molecule has 1 aromatic rings. The van der Waals surface area contributed by atoms with E-state index in [4.69, 9.17) is 9.47 Å². The highest BCUT2D eigenvalue weighted by Crippen LogP contribution is 2.34. The van der Waals surface area contributed by atoms with E-state index < -0.39 is 10.8 Å². The summed E-state index contributed by atoms with van der Waals surface area (Å²) in [6.45, 7) is 1.76. The Hall–Kier alpha value is -2.72. The Balaban J connectivity index is 1.95. The molecule has 1 heterocycles. The molecule has 1 aliphatic heterocycles. The summed E-state index contributed by atoms with van der Waals surface area (Å²) < 4.78 is 10.1. The van der Waals surface area contributed by atoms with Crippen LogP contribution in [-0.4, -0.2) is 63.2 Å². The second-order valence-electron chi connectivity index (χ2n) is 5.27. The molecule has 1 aromatic carbocycles. The second-order valence-corrected chi connectivity index (χ2v) is 5.27. The fourth-order valence-electron chi connectivity index (χ4n) is 2.27. The number of ether oxygens (including phenoxy) is 2. The lowest BCUT2D eigenvalue weighted by atomic mass is 10.2. The molecule has 0 radical (unpaired) electrons. The number of fused-ring (bicyclic) bond motifs is 1. The topological polar surface area (TPSA) is 123 Å². The van der Waals surface area contributed by atoms with Crippen LogP contribution in [0, 0.1) is 10.1 Å². The number of carbonyl (C=O) groups excluding carboxylic acids is 2. The quantitative estimate of drug-likeness (QED) is 0.354. The minimum Gasteiger partial charge on any atom is -0.482 e. The Morgan fingerprint density at radius 3 is 2.92 bits per heavy atom. The molecule has 2 N–H and O–H groups in total. The minimum absolute atomic E-state index is 0.176. The van der Waals surface area contributed by atoms with Gasteiger partial charge in [0.25, 0.3) is 11.6 Å². The number of nitrogens with zero attached hydrogens (tertiary/aromatic N) is 2. The van der Waals surface area contributed by atoms with Gasteiger partial charge in [0.1, 0.15) is 12.3 Å². The van der Waals surface area contributed by atoms with Gasteiger partial charge in [0.05, 0.1) is 17.2 Å². The van der Waals surface area contributed by atoms with Crippen molar-refractivity contribution in [2.75, 3.05) is 51.4 Å². The van der Waals surface area contributed by atoms with Crippen LogP contribution in [0.25, 0.3) is 0 Å². The van der Waals surface area contributed by atoms with Gasteiger partial charge < -0.3 is 20.1 Å². The lowest BCUT2D eigenvalue weighted by Gasteiger charge is -2.28. The van der Waals surface area contributed by atoms with Gasteiger partial charge in [-0.05, 0) is 6.07 Å². The fourth-order valence-corrected chi connectivity index (χ4v) is 2.27. The number of anilines is 1. The van der Waals surface area contributed by atoms with Crippen molar-refractivity contribution in [2.24, 2.45) is 0 Å². The molecule has 10 nitrogen and oxygen atoms in total. The monoisotopic (exact) mass is 352 g/mol. The van der Waals surface area contributed by atoms with Crippen LogP contribution in [0.15, 0.2) is 18.2 Å². The third-order valence-corrected chi connectivity index (χ3v) is 3.50. The number of rotatable bonds is 9. The summed E-state index contributed by atoms with van der Waals surface area (Å²) >= 11 is 0. The van der Waals surface area contributed by atoms with Gasteiger partial charge in [-0.2, -0.15) is 0 Å². The van der Waals surface area contributed by atoms with Gasteiger partial charge in [0.15, 0.2) is 6.61 Å². The number of amides is 2. The summed E-state index contributed by atoms with van der Waals surface area (Å²) in [5, 5.41) is 16.7. The highest BCUT2D eigenvalue weighted by molar-refractivity contribution is 6.02. The lowest BCUT2D eigenvalue weighted by Crippen LogP contribution is -2.46. The van der Waals surface area contributed by atoms with E-state index in [0.29, 0.717) is 32.0 Å². The van der Waals surface area contributed by atoms with E-state index >= 15 is 0 Å². The van der Waals surface area contributed by atoms with E-state index in [1.165, 1.54) is 23.1 Å². The molecule has 0 atom stereocenters. The van der Waals surface area contributed by atoms with Crippen molar-refractivity contribution in [3.8, 4) is 5.75 Å². The van der Waals surface area contributed by atoms with E-state index in [2.05, 4.69) is 10.6 Å². The maximum Gasteiger partial charge on any atom is 0.271 e. The normalized spacial score (nSPS) is 13.2. The van der Waals surface area contributed by atoms with Crippen LogP contribution in [0.1, 0.15) is 0 Å². The summed E-state index contributed by atoms with van der Waals surface area (Å²) in [5.74, 6) is -0.457. The minimum atomic E-state index is -0.566. The number of methoxy groups -OCH3 is 1. The van der Waals surface area contributed by atoms with E-state index in [1.54, 1.807) is 7.11 Å². The summed E-state index contributed by atoms with van der Waals surface area (Å²) in [6.07, 6.45) is 0. The van der Waals surface area contributed by atoms with Crippen molar-refractivity contribution in [1.82, 2.24) is 10.6 Å². The molecule has 0 saturated carbocycles. The zero-order valence-electron chi connectivity index (χ0n) is 13.8. The summed E-state index contributed by atoms with van der Waals surface area (Å²) in [5.41, 5.74) is 0.0450. The largest absolute Gasteiger partial charge is 0.482 e. The first-order valence-corrected chi connectivity index (χ1v) is 7.71. The van der Waals surface area contributed by atoms with Gasteiger partial charge in [-0.3, -0.25) is 24.6 Å². The maximum absolute atomic E-state index is 12.0. The molecule has 0 unspecified atom stereocenters. The number of hydrogen-bond donors (Lipinski definition) is 2. The average Bonchev–Trinajstić information content (AvgIpc) is 2.60. The zero-order valence-corrected chi connectivity index (χ0v) is 13.8. The van der Waals surface area contributed by atoms with Crippen LogP contribution < -0.4 is 20.3 Å². The first-order valence-electron chi connectivity index (χ1n) is 7.71. The molecule has 0 fully saturated rings. The van der Waals surface area contributed by atoms with Gasteiger partial charge in [0, 0.05) is 38.9 Å². The molecule has 2 amide bonds. The first-order chi connectivity index (χ1) is 12.0. The molecule has 0 saturated heterocycles. The van der Waals surface area contributed by atoms with Gasteiger partial charge in [0.2, 0.25) is 5.91 Å². The van der Waals surface area contributed by atoms with Crippen molar-refractivity contribution in [3.05, 3.63) is 28.3 Å². The lowest BCUT2D eigenvalue weighted by molar-refractivity contribution is -0.384. The number of benzene rings is 1. The second kappa shape index (κ2) is 8.94. The third-order valence-electron chi connectivity index (χ3n) is 3.50. The van der Waals surface area contributed by atoms with Crippen molar-refractivity contribution < 1.29 is 24.0 Å². The first kappa shape index (κ1) is 18.6. The molecular weight excluding hydrogens is 332 g/mol. The third kappa shape index (κ3) is 5.13. The van der Waals surface area contributed by atoms with Crippen molar-refractivity contribution >= 4 is 23.2 Å². The van der Waals surface area contributed by atoms with Crippen LogP contribution in [0.4, 0.5) is 11.4 Å². The number of nitrogens with one attached hydrogen (secondary N) is 2. The molecule has 2 rings (SSSR count). The molecule has 0 spiro atoms. The van der Waals surface area contributed by atoms with Gasteiger partial charge in [-0.1, -0.05) is 0 Å². The maximum atomic E-state index is 12.0. The fraction of sp³-hybridized carbons (Fsp3) is 0.467. The molecule has 0 aliphatic carbocycles. The van der Waals surface area contributed by atoms with Crippen LogP contribution in [0.5, 0.6) is 5.75 Å². The van der Waals surface area contributed by atoms with Crippen molar-refractivity contribution in [3.63, 3.8) is 0 Å². The standard InChI is InChI=1S/C15H20N4O6/c1-24-7-6-16-4-5-17-14(20)9-18-12-8-11(19(22)23)2-3-13(12)25-10-15(18)21/h2-3,8,16H,4-7,9-10H2,1H3,(H,17,20). The Kier molecular flexibility index (Phi) is 6.66. The average molecular weight is 352 g/mol. The predicted octanol–water partition coefficient (Wildman–Crippen LogP) is -0.328. The van der Waals surface area contributed by atoms with Crippen LogP contribution in [0.2, 0.25) is 0 Å². The Labute approximate surface area is 144 Å². The highest BCUT2D eigenvalue weighted by atomic mass is 16.6. The van der Waals surface area contributed by atoms with E-state index in [0.717, 1.165) is 0 Å². The molecule has 1 aliphatic rings. The summed E-state index contributed by atoms with van der Waals surface area (Å²) in [4.78, 5) is 35.6. The number of non-ortho nitro benzene ring substituents is 1. The molecule has 10 heteroatoms. The SMILES string of the molecule is COCCNCCNC(=O)CN1C(=O)COc2ccc([N+](=O)[O-])cc21. The smallest absolute Gasteiger partial charge is 0.271 e. The van der Waals surface area contributed by atoms with Gasteiger partial charge >= 0.3 is 0 Å². The van der Waals surface area contributed by atoms with Crippen molar-refractivity contribution in [1.29, 1.82) is 0 Å².